The summed E-state index contributed by atoms with van der Waals surface area (Å²) in [5.41, 5.74) is 1.83. The average molecular weight is 398 g/mol. The maximum absolute atomic E-state index is 13.0. The molecule has 6 heteroatoms. The second kappa shape index (κ2) is 8.69. The van der Waals surface area contributed by atoms with Crippen molar-refractivity contribution in [2.45, 2.75) is 53.1 Å². The number of hydrogen-bond acceptors (Lipinski definition) is 4. The van der Waals surface area contributed by atoms with E-state index in [1.165, 1.54) is 22.2 Å². The highest BCUT2D eigenvalue weighted by Crippen LogP contribution is 2.35. The number of amides is 1. The lowest BCUT2D eigenvalue weighted by Crippen LogP contribution is -2.37. The minimum absolute atomic E-state index is 0.0102. The lowest BCUT2D eigenvalue weighted by Gasteiger charge is -2.15. The van der Waals surface area contributed by atoms with E-state index in [0.717, 1.165) is 28.8 Å². The summed E-state index contributed by atoms with van der Waals surface area (Å²) in [7, 11) is 0. The third kappa shape index (κ3) is 4.50. The van der Waals surface area contributed by atoms with Gasteiger partial charge in [0.25, 0.3) is 5.56 Å². The van der Waals surface area contributed by atoms with Gasteiger partial charge in [-0.2, -0.15) is 0 Å². The molecule has 2 heterocycles. The van der Waals surface area contributed by atoms with E-state index in [4.69, 9.17) is 0 Å². The SMILES string of the molecule is Cc1c(-c2ccccc2)sc2ncn(CC(=O)N[C@H](C)CCC(C)C)c(=O)c12. The second-order valence-corrected chi connectivity index (χ2v) is 8.72. The van der Waals surface area contributed by atoms with Crippen LogP contribution < -0.4 is 10.9 Å². The number of thiophene rings is 1. The maximum Gasteiger partial charge on any atom is 0.262 e. The molecule has 0 saturated heterocycles. The fraction of sp³-hybridized carbons (Fsp3) is 0.409. The van der Waals surface area contributed by atoms with E-state index >= 15 is 0 Å². The van der Waals surface area contributed by atoms with Crippen LogP contribution in [-0.4, -0.2) is 21.5 Å². The van der Waals surface area contributed by atoms with Gasteiger partial charge >= 0.3 is 0 Å². The molecule has 0 unspecified atom stereocenters. The number of rotatable bonds is 7. The maximum atomic E-state index is 13.0. The second-order valence-electron chi connectivity index (χ2n) is 7.72. The fourth-order valence-electron chi connectivity index (χ4n) is 3.27. The molecule has 0 saturated carbocycles. The Kier molecular flexibility index (Phi) is 6.29. The molecule has 148 valence electrons. The Hall–Kier alpha value is -2.47. The van der Waals surface area contributed by atoms with Gasteiger partial charge < -0.3 is 5.32 Å². The predicted molar refractivity (Wildman–Crippen MR) is 116 cm³/mol. The van der Waals surface area contributed by atoms with Crippen molar-refractivity contribution in [1.29, 1.82) is 0 Å². The molecular weight excluding hydrogens is 370 g/mol. The number of carbonyl (C=O) groups excluding carboxylic acids is 1. The molecule has 0 spiro atoms. The molecule has 0 aliphatic rings. The molecule has 3 rings (SSSR count). The van der Waals surface area contributed by atoms with Crippen molar-refractivity contribution >= 4 is 27.5 Å². The van der Waals surface area contributed by atoms with E-state index in [2.05, 4.69) is 24.1 Å². The van der Waals surface area contributed by atoms with Crippen LogP contribution in [0.3, 0.4) is 0 Å². The lowest BCUT2D eigenvalue weighted by atomic mass is 10.0. The van der Waals surface area contributed by atoms with Gasteiger partial charge in [0, 0.05) is 10.9 Å². The summed E-state index contributed by atoms with van der Waals surface area (Å²) >= 11 is 1.51. The number of carbonyl (C=O) groups is 1. The van der Waals surface area contributed by atoms with Crippen molar-refractivity contribution in [3.8, 4) is 10.4 Å². The Morgan fingerprint density at radius 3 is 2.57 bits per heavy atom. The zero-order valence-electron chi connectivity index (χ0n) is 16.9. The van der Waals surface area contributed by atoms with Crippen LogP contribution in [-0.2, 0) is 11.3 Å². The zero-order chi connectivity index (χ0) is 20.3. The van der Waals surface area contributed by atoms with Crippen molar-refractivity contribution < 1.29 is 4.79 Å². The highest BCUT2D eigenvalue weighted by Gasteiger charge is 2.17. The topological polar surface area (TPSA) is 64.0 Å². The van der Waals surface area contributed by atoms with Crippen LogP contribution in [0, 0.1) is 12.8 Å². The summed E-state index contributed by atoms with van der Waals surface area (Å²) in [5.74, 6) is 0.449. The minimum atomic E-state index is -0.161. The molecule has 0 bridgehead atoms. The number of benzene rings is 1. The Balaban J connectivity index is 1.82. The van der Waals surface area contributed by atoms with Gasteiger partial charge in [0.2, 0.25) is 5.91 Å². The van der Waals surface area contributed by atoms with Crippen molar-refractivity contribution in [1.82, 2.24) is 14.9 Å². The van der Waals surface area contributed by atoms with Crippen molar-refractivity contribution in [2.24, 2.45) is 5.92 Å². The molecule has 0 aliphatic heterocycles. The molecule has 1 N–H and O–H groups in total. The van der Waals surface area contributed by atoms with Crippen LogP contribution in [0.1, 0.15) is 39.2 Å². The van der Waals surface area contributed by atoms with Crippen molar-refractivity contribution in [2.75, 3.05) is 0 Å². The minimum Gasteiger partial charge on any atom is -0.352 e. The summed E-state index contributed by atoms with van der Waals surface area (Å²) in [5, 5.41) is 3.58. The predicted octanol–water partition coefficient (Wildman–Crippen LogP) is 4.37. The highest BCUT2D eigenvalue weighted by molar-refractivity contribution is 7.22. The van der Waals surface area contributed by atoms with Crippen molar-refractivity contribution in [3.63, 3.8) is 0 Å². The van der Waals surface area contributed by atoms with Crippen LogP contribution in [0.4, 0.5) is 0 Å². The first kappa shape index (κ1) is 20.3. The molecule has 1 amide bonds. The van der Waals surface area contributed by atoms with Gasteiger partial charge in [-0.3, -0.25) is 14.2 Å². The first-order valence-electron chi connectivity index (χ1n) is 9.70. The van der Waals surface area contributed by atoms with E-state index in [-0.39, 0.29) is 24.1 Å². The van der Waals surface area contributed by atoms with E-state index in [0.29, 0.717) is 16.1 Å². The Morgan fingerprint density at radius 2 is 1.89 bits per heavy atom. The Bertz CT molecular complexity index is 1020. The smallest absolute Gasteiger partial charge is 0.262 e. The molecule has 0 fully saturated rings. The van der Waals surface area contributed by atoms with Crippen molar-refractivity contribution in [3.05, 3.63) is 52.6 Å². The Labute approximate surface area is 169 Å². The third-order valence-corrected chi connectivity index (χ3v) is 6.10. The van der Waals surface area contributed by atoms with Gasteiger partial charge in [0.05, 0.1) is 11.7 Å². The summed E-state index contributed by atoms with van der Waals surface area (Å²) in [6.07, 6.45) is 3.47. The third-order valence-electron chi connectivity index (χ3n) is 4.85. The molecular formula is C22H27N3O2S. The average Bonchev–Trinajstić information content (AvgIpc) is 3.00. The monoisotopic (exact) mass is 397 g/mol. The quantitative estimate of drug-likeness (QED) is 0.644. The van der Waals surface area contributed by atoms with Gasteiger partial charge in [-0.25, -0.2) is 4.98 Å². The van der Waals surface area contributed by atoms with Gasteiger partial charge in [-0.05, 0) is 43.7 Å². The van der Waals surface area contributed by atoms with Crippen LogP contribution >= 0.6 is 11.3 Å². The summed E-state index contributed by atoms with van der Waals surface area (Å²) in [6.45, 7) is 8.27. The number of nitrogens with one attached hydrogen (secondary N) is 1. The molecule has 5 nitrogen and oxygen atoms in total. The number of fused-ring (bicyclic) bond motifs is 1. The summed E-state index contributed by atoms with van der Waals surface area (Å²) < 4.78 is 1.40. The summed E-state index contributed by atoms with van der Waals surface area (Å²) in [6, 6.07) is 10.1. The number of aromatic nitrogens is 2. The summed E-state index contributed by atoms with van der Waals surface area (Å²) in [4.78, 5) is 31.6. The standard InChI is InChI=1S/C22H27N3O2S/c1-14(2)10-11-15(3)24-18(26)12-25-13-23-21-19(22(25)27)16(4)20(28-21)17-8-6-5-7-9-17/h5-9,13-15H,10-12H2,1-4H3,(H,24,26)/t15-/m1/s1. The van der Waals surface area contributed by atoms with Crippen LogP contribution in [0.5, 0.6) is 0 Å². The van der Waals surface area contributed by atoms with Crippen LogP contribution in [0.15, 0.2) is 41.5 Å². The number of nitrogens with zero attached hydrogens (tertiary/aromatic N) is 2. The Morgan fingerprint density at radius 1 is 1.18 bits per heavy atom. The highest BCUT2D eigenvalue weighted by atomic mass is 32.1. The molecule has 0 aliphatic carbocycles. The first-order chi connectivity index (χ1) is 13.4. The largest absolute Gasteiger partial charge is 0.352 e. The number of hydrogen-bond donors (Lipinski definition) is 1. The van der Waals surface area contributed by atoms with E-state index in [1.807, 2.05) is 44.2 Å². The first-order valence-corrected chi connectivity index (χ1v) is 10.5. The molecule has 3 aromatic rings. The van der Waals surface area contributed by atoms with Gasteiger partial charge in [0.15, 0.2) is 0 Å². The molecule has 28 heavy (non-hydrogen) atoms. The molecule has 2 aromatic heterocycles. The zero-order valence-corrected chi connectivity index (χ0v) is 17.7. The molecule has 1 aromatic carbocycles. The van der Waals surface area contributed by atoms with Gasteiger partial charge in [-0.1, -0.05) is 44.2 Å². The normalized spacial score (nSPS) is 12.5. The molecule has 1 atom stereocenters. The van der Waals surface area contributed by atoms with E-state index in [9.17, 15) is 9.59 Å². The van der Waals surface area contributed by atoms with Gasteiger partial charge in [-0.15, -0.1) is 11.3 Å². The van der Waals surface area contributed by atoms with Crippen LogP contribution in [0.25, 0.3) is 20.7 Å². The number of aryl methyl sites for hydroxylation is 1. The lowest BCUT2D eigenvalue weighted by molar-refractivity contribution is -0.122. The van der Waals surface area contributed by atoms with E-state index < -0.39 is 0 Å². The molecule has 0 radical (unpaired) electrons. The van der Waals surface area contributed by atoms with Crippen LogP contribution in [0.2, 0.25) is 0 Å². The van der Waals surface area contributed by atoms with E-state index in [1.54, 1.807) is 0 Å². The fourth-order valence-corrected chi connectivity index (χ4v) is 4.41. The van der Waals surface area contributed by atoms with Gasteiger partial charge in [0.1, 0.15) is 11.4 Å².